The lowest BCUT2D eigenvalue weighted by molar-refractivity contribution is 0.407. The Kier molecular flexibility index (Phi) is 29.4. The van der Waals surface area contributed by atoms with Crippen LogP contribution in [0.4, 0.5) is 94.4 Å². The van der Waals surface area contributed by atoms with Gasteiger partial charge in [-0.05, 0) is 163 Å². The molecule has 10 aromatic heterocycles. The predicted molar refractivity (Wildman–Crippen MR) is 537 cm³/mol. The fourth-order valence-corrected chi connectivity index (χ4v) is 22.2. The van der Waals surface area contributed by atoms with E-state index < -0.39 is 58.2 Å². The van der Waals surface area contributed by atoms with E-state index in [0.29, 0.717) is 83.8 Å². The van der Waals surface area contributed by atoms with Crippen molar-refractivity contribution in [1.29, 1.82) is 0 Å². The smallest absolute Gasteiger partial charge is 0.196 e. The zero-order chi connectivity index (χ0) is 99.3. The number of para-hydroxylation sites is 2. The van der Waals surface area contributed by atoms with Crippen LogP contribution >= 0.6 is 68.3 Å². The van der Waals surface area contributed by atoms with E-state index in [0.717, 1.165) is 135 Å². The fourth-order valence-electron chi connectivity index (χ4n) is 17.1. The molecule has 726 valence electrons. The minimum Gasteiger partial charge on any atom is -0.497 e. The van der Waals surface area contributed by atoms with Gasteiger partial charge in [0, 0.05) is 137 Å². The number of nitrogens with zero attached hydrogens (tertiary/aromatic N) is 10. The van der Waals surface area contributed by atoms with E-state index in [1.165, 1.54) is 173 Å². The van der Waals surface area contributed by atoms with Crippen LogP contribution in [-0.4, -0.2) is 94.6 Å². The lowest BCUT2D eigenvalue weighted by atomic mass is 9.95. The first-order chi connectivity index (χ1) is 66.5. The summed E-state index contributed by atoms with van der Waals surface area (Å²) < 4.78 is 195. The highest BCUT2D eigenvalue weighted by atomic mass is 35.5. The first-order valence-corrected chi connectivity index (χ1v) is 49.0. The second-order valence-corrected chi connectivity index (χ2v) is 40.2. The van der Waals surface area contributed by atoms with E-state index in [1.807, 2.05) is 142 Å². The predicted octanol–water partition coefficient (Wildman–Crippen LogP) is 29.9. The summed E-state index contributed by atoms with van der Waals surface area (Å²) in [6, 6.07) is 29.5. The van der Waals surface area contributed by atoms with Crippen LogP contribution in [0.3, 0.4) is 0 Å². The third-order valence-electron chi connectivity index (χ3n) is 25.1. The van der Waals surface area contributed by atoms with Gasteiger partial charge in [-0.2, -0.15) is 0 Å². The van der Waals surface area contributed by atoms with Crippen molar-refractivity contribution in [3.8, 4) is 85.0 Å². The van der Waals surface area contributed by atoms with E-state index in [-0.39, 0.29) is 79.5 Å². The van der Waals surface area contributed by atoms with Gasteiger partial charge in [0.2, 0.25) is 0 Å². The number of ether oxygens (including phenoxy) is 5. The molecule has 8 aromatic carbocycles. The summed E-state index contributed by atoms with van der Waals surface area (Å²) in [5.41, 5.74) is 10.3. The summed E-state index contributed by atoms with van der Waals surface area (Å²) in [6.07, 6.45) is 10.1. The first-order valence-electron chi connectivity index (χ1n) is 44.5. The Morgan fingerprint density at radius 2 is 0.525 bits per heavy atom. The summed E-state index contributed by atoms with van der Waals surface area (Å²) >= 11 is 13.8. The highest BCUT2D eigenvalue weighted by Gasteiger charge is 2.34. The van der Waals surface area contributed by atoms with Crippen LogP contribution in [0.25, 0.3) is 81.1 Å². The Balaban J connectivity index is 0.000000126. The maximum Gasteiger partial charge on any atom is 0.196 e. The summed E-state index contributed by atoms with van der Waals surface area (Å²) in [7, 11) is 6.86. The van der Waals surface area contributed by atoms with Crippen molar-refractivity contribution in [2.45, 2.75) is 160 Å². The summed E-state index contributed by atoms with van der Waals surface area (Å²) in [5, 5.41) is 17.4. The number of imidazole rings is 5. The topological polar surface area (TPSA) is 193 Å². The van der Waals surface area contributed by atoms with Crippen LogP contribution in [0.5, 0.6) is 28.7 Å². The number of hydrogen-bond donors (Lipinski definition) is 5. The normalized spacial score (nSPS) is 12.8. The average molecular weight is 2020 g/mol. The molecule has 18 aromatic rings. The Morgan fingerprint density at radius 1 is 0.295 bits per heavy atom. The molecular weight excluding hydrogens is 1920 g/mol. The van der Waals surface area contributed by atoms with E-state index in [4.69, 9.17) is 35.3 Å². The van der Waals surface area contributed by atoms with Crippen LogP contribution in [0.15, 0.2) is 121 Å². The molecule has 20 rings (SSSR count). The van der Waals surface area contributed by atoms with Crippen LogP contribution in [0.2, 0.25) is 5.02 Å². The van der Waals surface area contributed by atoms with Gasteiger partial charge < -0.3 is 50.3 Å². The van der Waals surface area contributed by atoms with Gasteiger partial charge >= 0.3 is 0 Å². The van der Waals surface area contributed by atoms with Crippen molar-refractivity contribution in [3.63, 3.8) is 0 Å². The van der Waals surface area contributed by atoms with Crippen LogP contribution in [0, 0.1) is 154 Å². The van der Waals surface area contributed by atoms with E-state index >= 15 is 0 Å². The molecule has 0 amide bonds. The third kappa shape index (κ3) is 19.7. The summed E-state index contributed by atoms with van der Waals surface area (Å²) in [6.45, 7) is 25.7. The van der Waals surface area contributed by atoms with Crippen LogP contribution < -0.4 is 50.3 Å². The molecule has 37 heteroatoms. The minimum atomic E-state index is -0.779. The number of benzene rings is 8. The third-order valence-corrected chi connectivity index (χ3v) is 30.7. The molecule has 0 unspecified atom stereocenters. The van der Waals surface area contributed by atoms with Crippen molar-refractivity contribution in [2.75, 3.05) is 62.1 Å². The zero-order valence-corrected chi connectivity index (χ0v) is 84.0. The minimum absolute atomic E-state index is 0.0832. The van der Waals surface area contributed by atoms with Gasteiger partial charge in [0.25, 0.3) is 0 Å². The molecule has 0 atom stereocenters. The molecule has 0 saturated heterocycles. The second-order valence-electron chi connectivity index (χ2n) is 33.9. The molecule has 0 spiro atoms. The van der Waals surface area contributed by atoms with Gasteiger partial charge in [0.15, 0.2) is 24.8 Å². The molecule has 0 radical (unpaired) electrons. The number of fused-ring (bicyclic) bond motifs is 5. The molecule has 5 N–H and O–H groups in total. The number of thiazole rings is 5. The molecule has 2 aliphatic rings. The van der Waals surface area contributed by atoms with Crippen molar-refractivity contribution in [1.82, 2.24) is 46.9 Å². The quantitative estimate of drug-likeness (QED) is 0.0452. The number of methoxy groups -OCH3 is 5. The second kappa shape index (κ2) is 41.3. The Bertz CT molecular complexity index is 7360. The average Bonchev–Trinajstić information content (AvgIpc) is 1.62. The largest absolute Gasteiger partial charge is 0.497 e. The Labute approximate surface area is 819 Å². The lowest BCUT2D eigenvalue weighted by Gasteiger charge is -2.24. The summed E-state index contributed by atoms with van der Waals surface area (Å²) in [4.78, 5) is 31.7. The molecule has 2 saturated carbocycles. The lowest BCUT2D eigenvalue weighted by Crippen LogP contribution is -2.23. The van der Waals surface area contributed by atoms with Gasteiger partial charge in [-0.25, -0.2) is 73.2 Å². The van der Waals surface area contributed by atoms with Gasteiger partial charge in [-0.1, -0.05) is 74.0 Å². The fraction of sp³-hybridized carbons (Fsp3) is 0.284. The van der Waals surface area contributed by atoms with Gasteiger partial charge in [0.05, 0.1) is 74.1 Å². The maximum atomic E-state index is 14.9. The molecule has 20 nitrogen and oxygen atoms in total. The SMILES string of the molecule is COc1cc(F)c(-c2nc3sc(C)c(C)n3c2NC2CCCC2)c(F)c1.COc1cc(F)c(-c2nc3sc(C)c(C)n3c2NC2CCCCC2)c(F)c1.COc1cc(F)c(-c2nc3sc(C)c(C)n3c2Nc2c(C)cccc2C)c(F)c1.COc1cc(F)c(-c2nc3sc(C)c(C)n3c2Nc2c(C)cccc2Cl)c(F)c1.COc1cc(F)c(-c2nc3sc(C)c(C)n3c2Nc2ccc(F)cc2)c(F)c1. The highest BCUT2D eigenvalue weighted by Crippen LogP contribution is 2.48. The zero-order valence-electron chi connectivity index (χ0n) is 79.2. The number of aromatic nitrogens is 10. The highest BCUT2D eigenvalue weighted by molar-refractivity contribution is 7.18. The molecular formula is C102H99ClF11N15O5S5. The molecule has 0 aliphatic heterocycles. The van der Waals surface area contributed by atoms with E-state index in [9.17, 15) is 48.3 Å². The van der Waals surface area contributed by atoms with E-state index in [2.05, 4.69) is 51.5 Å². The number of halogens is 12. The number of hydrogen-bond acceptors (Lipinski definition) is 20. The van der Waals surface area contributed by atoms with Gasteiger partial charge in [-0.15, -0.1) is 56.7 Å². The molecule has 2 aliphatic carbocycles. The standard InChI is InChI=1S/C22H21F2N3OS.C21H18ClF2N3OS.C20H16F3N3OS.C20H23F2N3OS.C19H21F2N3OS/c1-11-7-6-8-12(2)19(11)25-21-20(26-22-27(21)13(3)14(4)29-22)18-16(23)9-15(28-5)10-17(18)24;1-10-6-5-7-14(22)18(10)25-20-19(26-21-27(20)11(2)12(3)29-21)17-15(23)8-13(28-4)9-16(17)24;1-10-11(2)28-20-25-18(17-15(22)8-14(27-3)9-16(17)23)19(26(10)20)24-13-6-4-12(21)5-7-13;1-11-12(2)27-20-24-18(17-15(21)9-14(26-3)10-16(17)22)19(25(11)20)23-13-7-5-4-6-8-13;1-10-11(2)26-19-23-17(16-14(20)8-13(25-3)9-15(16)21)18(24(10)19)22-12-6-4-5-7-12/h6-10,25H,1-5H3;5-9,25H,1-4H3;4-9,24H,1-3H3;9-10,13,23H,4-8H2,1-3H3;8-9,12,22H,4-7H2,1-3H3. The molecule has 139 heavy (non-hydrogen) atoms. The Morgan fingerprint density at radius 3 is 0.791 bits per heavy atom. The summed E-state index contributed by atoms with van der Waals surface area (Å²) in [5.74, 6) is -4.14. The molecule has 2 fully saturated rings. The first kappa shape index (κ1) is 99.2. The van der Waals surface area contributed by atoms with Crippen LogP contribution in [-0.2, 0) is 0 Å². The number of aryl methyl sites for hydroxylation is 13. The van der Waals surface area contributed by atoms with Crippen molar-refractivity contribution >= 4 is 139 Å². The van der Waals surface area contributed by atoms with Gasteiger partial charge in [0.1, 0.15) is 150 Å². The van der Waals surface area contributed by atoms with Crippen molar-refractivity contribution < 1.29 is 72.0 Å². The Hall–Kier alpha value is -12.9. The van der Waals surface area contributed by atoms with Gasteiger partial charge in [-0.3, -0.25) is 22.0 Å². The monoisotopic (exact) mass is 2020 g/mol. The maximum absolute atomic E-state index is 14.9. The molecule has 0 bridgehead atoms. The van der Waals surface area contributed by atoms with Crippen molar-refractivity contribution in [2.24, 2.45) is 0 Å². The molecule has 10 heterocycles. The van der Waals surface area contributed by atoms with Crippen molar-refractivity contribution in [3.05, 3.63) is 260 Å². The number of anilines is 8. The number of nitrogens with one attached hydrogen (secondary N) is 5. The van der Waals surface area contributed by atoms with E-state index in [1.54, 1.807) is 18.2 Å². The van der Waals surface area contributed by atoms with Crippen LogP contribution in [0.1, 0.15) is 127 Å². The number of rotatable bonds is 20.